The van der Waals surface area contributed by atoms with Gasteiger partial charge in [0.25, 0.3) is 0 Å². The maximum atomic E-state index is 2.60. The Morgan fingerprint density at radius 2 is 1.37 bits per heavy atom. The highest BCUT2D eigenvalue weighted by Crippen LogP contribution is 2.48. The molecule has 2 aromatic rings. The number of aryl methyl sites for hydroxylation is 3. The predicted molar refractivity (Wildman–Crippen MR) is 115 cm³/mol. The minimum absolute atomic E-state index is 0.239. The second kappa shape index (κ2) is 7.07. The van der Waals surface area contributed by atoms with Crippen LogP contribution in [0.4, 0.5) is 5.69 Å². The molecule has 1 saturated carbocycles. The van der Waals surface area contributed by atoms with E-state index < -0.39 is 0 Å². The van der Waals surface area contributed by atoms with Crippen LogP contribution in [0.25, 0.3) is 0 Å². The maximum Gasteiger partial charge on any atom is 0.132 e. The Labute approximate surface area is 164 Å². The number of rotatable bonds is 3. The molecule has 142 valence electrons. The first-order chi connectivity index (χ1) is 13.0. The molecule has 1 atom stereocenters. The van der Waals surface area contributed by atoms with Crippen molar-refractivity contribution in [3.63, 3.8) is 0 Å². The Morgan fingerprint density at radius 1 is 0.778 bits per heavy atom. The fraction of sp³-hybridized carbons (Fsp3) is 0.440. The molecule has 27 heavy (non-hydrogen) atoms. The second-order valence-corrected chi connectivity index (χ2v) is 8.40. The van der Waals surface area contributed by atoms with Crippen molar-refractivity contribution in [3.05, 3.63) is 76.1 Å². The van der Waals surface area contributed by atoms with Gasteiger partial charge in [-0.05, 0) is 63.3 Å². The highest BCUT2D eigenvalue weighted by molar-refractivity contribution is 5.63. The van der Waals surface area contributed by atoms with Crippen LogP contribution in [0.5, 0.6) is 0 Å². The van der Waals surface area contributed by atoms with Gasteiger partial charge < -0.3 is 9.80 Å². The fourth-order valence-electron chi connectivity index (χ4n) is 5.35. The topological polar surface area (TPSA) is 6.48 Å². The van der Waals surface area contributed by atoms with Crippen molar-refractivity contribution >= 4 is 5.69 Å². The summed E-state index contributed by atoms with van der Waals surface area (Å²) in [5, 5.41) is 0. The van der Waals surface area contributed by atoms with Crippen LogP contribution in [0.2, 0.25) is 0 Å². The average Bonchev–Trinajstić information content (AvgIpc) is 3.23. The molecule has 4 rings (SSSR count). The van der Waals surface area contributed by atoms with E-state index in [2.05, 4.69) is 87.0 Å². The molecule has 1 unspecified atom stereocenters. The molecule has 2 heteroatoms. The Kier molecular flexibility index (Phi) is 4.75. The van der Waals surface area contributed by atoms with Gasteiger partial charge in [-0.25, -0.2) is 0 Å². The van der Waals surface area contributed by atoms with Crippen molar-refractivity contribution in [3.8, 4) is 0 Å². The summed E-state index contributed by atoms with van der Waals surface area (Å²) < 4.78 is 0. The summed E-state index contributed by atoms with van der Waals surface area (Å²) >= 11 is 0. The summed E-state index contributed by atoms with van der Waals surface area (Å²) in [5.41, 5.74) is 9.89. The average molecular weight is 361 g/mol. The zero-order valence-corrected chi connectivity index (χ0v) is 17.4. The van der Waals surface area contributed by atoms with Crippen LogP contribution >= 0.6 is 0 Å². The molecule has 0 amide bonds. The Balaban J connectivity index is 1.90. The molecule has 2 nitrogen and oxygen atoms in total. The van der Waals surface area contributed by atoms with E-state index in [0.717, 1.165) is 0 Å². The number of benzene rings is 2. The number of hydrogen-bond acceptors (Lipinski definition) is 2. The van der Waals surface area contributed by atoms with E-state index in [1.165, 1.54) is 59.3 Å². The van der Waals surface area contributed by atoms with Crippen molar-refractivity contribution in [2.24, 2.45) is 5.92 Å². The standard InChI is InChI=1S/C25H32N2/c1-17-11-6-9-16-22(17)27-20(4)24(21-14-7-8-15-21)26(5)25(27)23-18(2)12-10-13-19(23)3/h6,9-13,16,21,25H,7-8,14-15H2,1-5H3. The summed E-state index contributed by atoms with van der Waals surface area (Å²) in [6.45, 7) is 9.09. The number of hydrogen-bond donors (Lipinski definition) is 0. The van der Waals surface area contributed by atoms with E-state index in [0.29, 0.717) is 5.92 Å². The second-order valence-electron chi connectivity index (χ2n) is 8.40. The third-order valence-corrected chi connectivity index (χ3v) is 6.64. The molecule has 2 aliphatic rings. The van der Waals surface area contributed by atoms with Crippen LogP contribution in [-0.4, -0.2) is 11.9 Å². The summed E-state index contributed by atoms with van der Waals surface area (Å²) in [7, 11) is 2.31. The summed E-state index contributed by atoms with van der Waals surface area (Å²) in [6, 6.07) is 15.5. The lowest BCUT2D eigenvalue weighted by atomic mass is 9.98. The molecule has 0 saturated heterocycles. The van der Waals surface area contributed by atoms with Crippen LogP contribution in [0.3, 0.4) is 0 Å². The van der Waals surface area contributed by atoms with Crippen LogP contribution < -0.4 is 4.90 Å². The first kappa shape index (κ1) is 18.2. The Bertz CT molecular complexity index is 853. The molecule has 0 bridgehead atoms. The van der Waals surface area contributed by atoms with Gasteiger partial charge in [0.2, 0.25) is 0 Å². The van der Waals surface area contributed by atoms with E-state index in [-0.39, 0.29) is 6.17 Å². The molecule has 2 aromatic carbocycles. The minimum Gasteiger partial charge on any atom is -0.352 e. The van der Waals surface area contributed by atoms with Crippen molar-refractivity contribution < 1.29 is 0 Å². The number of para-hydroxylation sites is 1. The van der Waals surface area contributed by atoms with Crippen molar-refractivity contribution in [2.45, 2.75) is 59.5 Å². The molecule has 0 N–H and O–H groups in total. The van der Waals surface area contributed by atoms with Gasteiger partial charge in [0, 0.05) is 35.6 Å². The van der Waals surface area contributed by atoms with Crippen LogP contribution in [-0.2, 0) is 0 Å². The van der Waals surface area contributed by atoms with Crippen LogP contribution in [0.1, 0.15) is 61.0 Å². The summed E-state index contributed by atoms with van der Waals surface area (Å²) in [4.78, 5) is 5.17. The van der Waals surface area contributed by atoms with E-state index in [1.807, 2.05) is 0 Å². The minimum atomic E-state index is 0.239. The molecule has 0 aromatic heterocycles. The summed E-state index contributed by atoms with van der Waals surface area (Å²) in [6.07, 6.45) is 5.64. The lowest BCUT2D eigenvalue weighted by Gasteiger charge is -2.36. The molecular formula is C25H32N2. The first-order valence-electron chi connectivity index (χ1n) is 10.3. The molecule has 0 spiro atoms. The smallest absolute Gasteiger partial charge is 0.132 e. The number of nitrogens with zero attached hydrogens (tertiary/aromatic N) is 2. The van der Waals surface area contributed by atoms with Crippen LogP contribution in [0.15, 0.2) is 53.9 Å². The van der Waals surface area contributed by atoms with E-state index in [9.17, 15) is 0 Å². The molecular weight excluding hydrogens is 328 g/mol. The third kappa shape index (κ3) is 2.96. The quantitative estimate of drug-likeness (QED) is 0.618. The lowest BCUT2D eigenvalue weighted by molar-refractivity contribution is 0.304. The van der Waals surface area contributed by atoms with Gasteiger partial charge in [-0.2, -0.15) is 0 Å². The van der Waals surface area contributed by atoms with E-state index in [1.54, 1.807) is 5.70 Å². The van der Waals surface area contributed by atoms with Gasteiger partial charge in [-0.15, -0.1) is 0 Å². The third-order valence-electron chi connectivity index (χ3n) is 6.64. The van der Waals surface area contributed by atoms with Gasteiger partial charge >= 0.3 is 0 Å². The zero-order chi connectivity index (χ0) is 19.1. The number of allylic oxidation sites excluding steroid dienone is 2. The molecule has 1 aliphatic heterocycles. The van der Waals surface area contributed by atoms with Crippen molar-refractivity contribution in [1.29, 1.82) is 0 Å². The Morgan fingerprint density at radius 3 is 2.00 bits per heavy atom. The monoisotopic (exact) mass is 360 g/mol. The maximum absolute atomic E-state index is 2.60. The predicted octanol–water partition coefficient (Wildman–Crippen LogP) is 6.48. The Hall–Kier alpha value is -2.22. The van der Waals surface area contributed by atoms with Crippen molar-refractivity contribution in [1.82, 2.24) is 4.90 Å². The molecule has 1 heterocycles. The first-order valence-corrected chi connectivity index (χ1v) is 10.3. The highest BCUT2D eigenvalue weighted by Gasteiger charge is 2.40. The van der Waals surface area contributed by atoms with Crippen LogP contribution in [0, 0.1) is 26.7 Å². The largest absolute Gasteiger partial charge is 0.352 e. The SMILES string of the molecule is CC1=C(C2CCCC2)N(C)C(c2c(C)cccc2C)N1c1ccccc1C. The van der Waals surface area contributed by atoms with Crippen molar-refractivity contribution in [2.75, 3.05) is 11.9 Å². The van der Waals surface area contributed by atoms with Gasteiger partial charge in [0.15, 0.2) is 0 Å². The molecule has 1 aliphatic carbocycles. The van der Waals surface area contributed by atoms with Gasteiger partial charge in [0.05, 0.1) is 0 Å². The molecule has 1 fully saturated rings. The van der Waals surface area contributed by atoms with Gasteiger partial charge in [-0.1, -0.05) is 49.2 Å². The van der Waals surface area contributed by atoms with E-state index >= 15 is 0 Å². The highest BCUT2D eigenvalue weighted by atomic mass is 15.4. The fourth-order valence-corrected chi connectivity index (χ4v) is 5.35. The van der Waals surface area contributed by atoms with Gasteiger partial charge in [-0.3, -0.25) is 0 Å². The van der Waals surface area contributed by atoms with E-state index in [4.69, 9.17) is 0 Å². The molecule has 0 radical (unpaired) electrons. The normalized spacial score (nSPS) is 20.9. The number of anilines is 1. The lowest BCUT2D eigenvalue weighted by Crippen LogP contribution is -2.32. The van der Waals surface area contributed by atoms with Gasteiger partial charge in [0.1, 0.15) is 6.17 Å². The zero-order valence-electron chi connectivity index (χ0n) is 17.4. The summed E-state index contributed by atoms with van der Waals surface area (Å²) in [5.74, 6) is 0.704.